The molecule has 1 amide bonds. The van der Waals surface area contributed by atoms with Crippen LogP contribution in [-0.2, 0) is 39.9 Å². The second kappa shape index (κ2) is 19.4. The van der Waals surface area contributed by atoms with E-state index in [9.17, 15) is 14.9 Å². The molecule has 0 saturated carbocycles. The number of rotatable bonds is 16. The molecule has 5 atom stereocenters. The van der Waals surface area contributed by atoms with Crippen LogP contribution in [0.2, 0.25) is 0 Å². The van der Waals surface area contributed by atoms with E-state index in [0.29, 0.717) is 5.56 Å². The quantitative estimate of drug-likeness (QED) is 0.0178. The van der Waals surface area contributed by atoms with E-state index in [4.69, 9.17) is 14.2 Å². The minimum Gasteiger partial charge on any atom is -0.459 e. The maximum Gasteiger partial charge on any atom is 0.356 e. The molecular formula is C55H47N2O8PS. The number of epoxide rings is 1. The second-order valence-electron chi connectivity index (χ2n) is 16.4. The number of ether oxygens (including phenoxy) is 3. The standard InChI is InChI=1S/C55H47N2O8PS/c1-38-49(64-38)50(65-39(2)58)48-51(59)56(53(48)67-55(41-21-9-3-10-22-41,42-23-11-4-12-24-42)43-25-13-5-14-26-43)52(54(60)63-37-40-33-35-44(36-34-40)57(61)62)66(45-27-15-6-16-28-45,46-29-17-7-18-30-46)47-31-19-8-20-32-47/h3-36,38,48-50,53H,37H2,1-2H3. The zero-order valence-electron chi connectivity index (χ0n) is 36.7. The highest BCUT2D eigenvalue weighted by molar-refractivity contribution is 8.01. The van der Waals surface area contributed by atoms with Gasteiger partial charge in [0.15, 0.2) is 0 Å². The number of carbonyl (C=O) groups is 3. The zero-order chi connectivity index (χ0) is 46.5. The number of esters is 2. The fraction of sp³-hybridized carbons (Fsp3) is 0.164. The van der Waals surface area contributed by atoms with E-state index in [1.807, 2.05) is 153 Å². The lowest BCUT2D eigenvalue weighted by molar-refractivity contribution is -0.384. The monoisotopic (exact) mass is 926 g/mol. The van der Waals surface area contributed by atoms with Crippen LogP contribution < -0.4 is 15.9 Å². The van der Waals surface area contributed by atoms with Crippen molar-refractivity contribution in [3.05, 3.63) is 239 Å². The Kier molecular flexibility index (Phi) is 13.1. The normalized spacial score (nSPS) is 18.2. The predicted molar refractivity (Wildman–Crippen MR) is 264 cm³/mol. The van der Waals surface area contributed by atoms with Crippen LogP contribution in [0.4, 0.5) is 5.69 Å². The molecule has 67 heavy (non-hydrogen) atoms. The average molecular weight is 927 g/mol. The fourth-order valence-corrected chi connectivity index (χ4v) is 15.6. The Labute approximate surface area is 393 Å². The number of likely N-dealkylation sites (tertiary alicyclic amines) is 1. The lowest BCUT2D eigenvalue weighted by Crippen LogP contribution is -2.69. The molecule has 12 heteroatoms. The van der Waals surface area contributed by atoms with Crippen LogP contribution in [0.15, 0.2) is 206 Å². The van der Waals surface area contributed by atoms with Crippen LogP contribution in [0.25, 0.3) is 0 Å². The van der Waals surface area contributed by atoms with Gasteiger partial charge in [0.2, 0.25) is 5.91 Å². The number of hydrogen-bond acceptors (Lipinski definition) is 9. The van der Waals surface area contributed by atoms with Crippen molar-refractivity contribution in [2.45, 2.75) is 48.9 Å². The van der Waals surface area contributed by atoms with Gasteiger partial charge < -0.3 is 14.2 Å². The third-order valence-electron chi connectivity index (χ3n) is 12.3. The lowest BCUT2D eigenvalue weighted by atomic mass is 9.84. The number of benzene rings is 7. The van der Waals surface area contributed by atoms with Gasteiger partial charge in [0.05, 0.1) is 21.1 Å². The molecular weight excluding hydrogens is 880 g/mol. The predicted octanol–water partition coefficient (Wildman–Crippen LogP) is 8.99. The number of β-lactam (4-membered cyclic amide) rings is 1. The molecule has 7 aromatic rings. The van der Waals surface area contributed by atoms with Gasteiger partial charge in [0.25, 0.3) is 5.69 Å². The van der Waals surface area contributed by atoms with Crippen LogP contribution in [0, 0.1) is 16.0 Å². The van der Waals surface area contributed by atoms with E-state index in [0.717, 1.165) is 32.6 Å². The smallest absolute Gasteiger partial charge is 0.356 e. The molecule has 2 aliphatic heterocycles. The molecule has 0 aromatic heterocycles. The molecule has 7 aromatic carbocycles. The molecule has 0 N–H and O–H groups in total. The summed E-state index contributed by atoms with van der Waals surface area (Å²) < 4.78 is 17.6. The van der Waals surface area contributed by atoms with E-state index in [-0.39, 0.29) is 23.8 Å². The summed E-state index contributed by atoms with van der Waals surface area (Å²) in [5, 5.41) is 13.1. The van der Waals surface area contributed by atoms with Crippen molar-refractivity contribution in [2.75, 3.05) is 0 Å². The van der Waals surface area contributed by atoms with Gasteiger partial charge in [-0.05, 0) is 57.2 Å². The van der Waals surface area contributed by atoms with Gasteiger partial charge in [-0.2, -0.15) is 0 Å². The van der Waals surface area contributed by atoms with Gasteiger partial charge in [0.1, 0.15) is 30.2 Å². The topological polar surface area (TPSA) is 129 Å². The van der Waals surface area contributed by atoms with Crippen molar-refractivity contribution in [2.24, 2.45) is 5.92 Å². The molecule has 2 fully saturated rings. The summed E-state index contributed by atoms with van der Waals surface area (Å²) in [5.41, 5.74) is 3.32. The van der Waals surface area contributed by atoms with Crippen LogP contribution in [0.1, 0.15) is 36.1 Å². The third kappa shape index (κ3) is 8.62. The average Bonchev–Trinajstić information content (AvgIpc) is 4.11. The summed E-state index contributed by atoms with van der Waals surface area (Å²) in [5.74, 6) is -2.72. The maximum absolute atomic E-state index is 16.0. The van der Waals surface area contributed by atoms with Gasteiger partial charge >= 0.3 is 11.9 Å². The van der Waals surface area contributed by atoms with E-state index >= 15 is 9.59 Å². The SMILES string of the molecule is CC(=O)OC(C1OC1C)C1C(=O)N(C(C(=O)OCc2ccc([N+](=O)[O-])cc2)=P(c2ccccc2)(c2ccccc2)c2ccccc2)C1SC(c1ccccc1)(c1ccccc1)c1ccccc1. The van der Waals surface area contributed by atoms with Crippen LogP contribution in [-0.4, -0.2) is 56.8 Å². The molecule has 0 radical (unpaired) electrons. The Morgan fingerprint density at radius 2 is 1.09 bits per heavy atom. The summed E-state index contributed by atoms with van der Waals surface area (Å²) in [6, 6.07) is 65.3. The summed E-state index contributed by atoms with van der Waals surface area (Å²) in [6.07, 6.45) is -1.86. The minimum absolute atomic E-state index is 0.100. The Bertz CT molecular complexity index is 2730. The molecule has 0 bridgehead atoms. The number of thioether (sulfide) groups is 1. The number of nitro benzene ring substituents is 1. The molecule has 9 rings (SSSR count). The summed E-state index contributed by atoms with van der Waals surface area (Å²) in [6.45, 7) is -0.467. The third-order valence-corrected chi connectivity index (χ3v) is 18.4. The summed E-state index contributed by atoms with van der Waals surface area (Å²) in [4.78, 5) is 57.8. The molecule has 2 saturated heterocycles. The summed E-state index contributed by atoms with van der Waals surface area (Å²) in [7, 11) is 0. The maximum atomic E-state index is 16.0. The Morgan fingerprint density at radius 1 is 0.687 bits per heavy atom. The number of amides is 1. The molecule has 0 aliphatic carbocycles. The zero-order valence-corrected chi connectivity index (χ0v) is 38.5. The van der Waals surface area contributed by atoms with E-state index in [1.54, 1.807) is 17.0 Å². The highest BCUT2D eigenvalue weighted by atomic mass is 32.2. The first kappa shape index (κ1) is 45.1. The molecule has 2 aliphatic rings. The Hall–Kier alpha value is -7.04. The Morgan fingerprint density at radius 3 is 1.46 bits per heavy atom. The number of nitrogens with zero attached hydrogens (tertiary/aromatic N) is 2. The van der Waals surface area contributed by atoms with Crippen molar-refractivity contribution in [1.29, 1.82) is 0 Å². The van der Waals surface area contributed by atoms with Crippen molar-refractivity contribution >= 4 is 63.5 Å². The first-order chi connectivity index (χ1) is 32.6. The van der Waals surface area contributed by atoms with Gasteiger partial charge in [-0.3, -0.25) is 24.6 Å². The number of hydrogen-bond donors (Lipinski definition) is 0. The second-order valence-corrected chi connectivity index (χ2v) is 21.0. The number of non-ortho nitro benzene ring substituents is 1. The molecule has 2 heterocycles. The highest BCUT2D eigenvalue weighted by Gasteiger charge is 2.64. The molecule has 10 nitrogen and oxygen atoms in total. The van der Waals surface area contributed by atoms with Crippen LogP contribution in [0.5, 0.6) is 0 Å². The van der Waals surface area contributed by atoms with Crippen molar-refractivity contribution < 1.29 is 33.5 Å². The minimum atomic E-state index is -3.44. The largest absolute Gasteiger partial charge is 0.459 e. The van der Waals surface area contributed by atoms with Gasteiger partial charge in [-0.15, -0.1) is 11.8 Å². The molecule has 5 unspecified atom stereocenters. The summed E-state index contributed by atoms with van der Waals surface area (Å²) >= 11 is 1.51. The van der Waals surface area contributed by atoms with Gasteiger partial charge in [-0.1, -0.05) is 182 Å². The van der Waals surface area contributed by atoms with E-state index in [2.05, 4.69) is 36.4 Å². The Balaban J connectivity index is 1.36. The first-order valence-corrected chi connectivity index (χ1v) is 24.7. The van der Waals surface area contributed by atoms with Crippen LogP contribution >= 0.6 is 18.6 Å². The molecule has 336 valence electrons. The van der Waals surface area contributed by atoms with E-state index in [1.165, 1.54) is 30.8 Å². The highest BCUT2D eigenvalue weighted by Crippen LogP contribution is 2.58. The number of nitro groups is 1. The van der Waals surface area contributed by atoms with Crippen LogP contribution in [0.3, 0.4) is 0 Å². The van der Waals surface area contributed by atoms with Crippen molar-refractivity contribution in [3.63, 3.8) is 0 Å². The lowest BCUT2D eigenvalue weighted by Gasteiger charge is -2.53. The van der Waals surface area contributed by atoms with Gasteiger partial charge in [0, 0.05) is 25.9 Å². The van der Waals surface area contributed by atoms with Gasteiger partial charge in [-0.25, -0.2) is 4.79 Å². The first-order valence-electron chi connectivity index (χ1n) is 22.0. The van der Waals surface area contributed by atoms with Crippen molar-refractivity contribution in [3.8, 4) is 0 Å². The van der Waals surface area contributed by atoms with E-state index < -0.39 is 57.9 Å². The fourth-order valence-electron chi connectivity index (χ4n) is 9.22. The molecule has 0 spiro atoms. The number of carbonyl (C=O) groups excluding carboxylic acids is 3. The van der Waals surface area contributed by atoms with Crippen molar-refractivity contribution in [1.82, 2.24) is 4.90 Å².